The van der Waals surface area contributed by atoms with E-state index in [1.54, 1.807) is 0 Å². The van der Waals surface area contributed by atoms with Gasteiger partial charge in [-0.05, 0) is 39.0 Å². The van der Waals surface area contributed by atoms with Crippen LogP contribution in [0.25, 0.3) is 11.1 Å². The second-order valence-electron chi connectivity index (χ2n) is 6.68. The number of alkyl halides is 1. The Morgan fingerprint density at radius 1 is 0.467 bits per heavy atom. The summed E-state index contributed by atoms with van der Waals surface area (Å²) in [5.74, 6) is 0. The van der Waals surface area contributed by atoms with Crippen LogP contribution in [0, 0.1) is 0 Å². The van der Waals surface area contributed by atoms with Crippen molar-refractivity contribution in [2.75, 3.05) is 0 Å². The summed E-state index contributed by atoms with van der Waals surface area (Å²) >= 11 is 3.55. The fraction of sp³-hybridized carbons (Fsp3) is 0.103. The Balaban J connectivity index is 0.00000124. The summed E-state index contributed by atoms with van der Waals surface area (Å²) in [6.45, 7) is 4.00. The summed E-state index contributed by atoms with van der Waals surface area (Å²) in [6, 6.07) is 40.8. The average molecular weight is 455 g/mol. The zero-order valence-electron chi connectivity index (χ0n) is 17.6. The normalized spacial score (nSPS) is 9.97. The van der Waals surface area contributed by atoms with Gasteiger partial charge in [0.2, 0.25) is 0 Å². The number of rotatable bonds is 5. The van der Waals surface area contributed by atoms with Gasteiger partial charge >= 0.3 is 0 Å². The molecule has 0 saturated heterocycles. The van der Waals surface area contributed by atoms with Gasteiger partial charge in [0, 0.05) is 5.33 Å². The molecule has 0 nitrogen and oxygen atoms in total. The number of halogens is 1. The monoisotopic (exact) mass is 454 g/mol. The summed E-state index contributed by atoms with van der Waals surface area (Å²) < 4.78 is 0. The molecule has 0 radical (unpaired) electrons. The van der Waals surface area contributed by atoms with E-state index in [0.29, 0.717) is 0 Å². The van der Waals surface area contributed by atoms with Gasteiger partial charge in [0.15, 0.2) is 0 Å². The summed E-state index contributed by atoms with van der Waals surface area (Å²) in [5.41, 5.74) is 8.65. The highest BCUT2D eigenvalue weighted by molar-refractivity contribution is 9.08. The van der Waals surface area contributed by atoms with Gasteiger partial charge < -0.3 is 0 Å². The highest BCUT2D eigenvalue weighted by Crippen LogP contribution is 2.36. The first kappa shape index (κ1) is 21.8. The second-order valence-corrected chi connectivity index (χ2v) is 7.24. The maximum atomic E-state index is 3.55. The van der Waals surface area contributed by atoms with Crippen molar-refractivity contribution in [1.29, 1.82) is 0 Å². The second kappa shape index (κ2) is 11.3. The van der Waals surface area contributed by atoms with Crippen molar-refractivity contribution in [3.05, 3.63) is 143 Å². The van der Waals surface area contributed by atoms with E-state index in [-0.39, 0.29) is 0 Å². The van der Waals surface area contributed by atoms with Crippen LogP contribution in [0.1, 0.15) is 41.7 Å². The molecule has 0 aliphatic carbocycles. The predicted octanol–water partition coefficient (Wildman–Crippen LogP) is 8.62. The lowest BCUT2D eigenvalue weighted by atomic mass is 9.85. The van der Waals surface area contributed by atoms with E-state index in [1.807, 2.05) is 13.8 Å². The Morgan fingerprint density at radius 3 is 1.07 bits per heavy atom. The molecule has 1 heteroatoms. The molecule has 0 bridgehead atoms. The Morgan fingerprint density at radius 2 is 0.767 bits per heavy atom. The van der Waals surface area contributed by atoms with Crippen LogP contribution in [0.4, 0.5) is 0 Å². The predicted molar refractivity (Wildman–Crippen MR) is 135 cm³/mol. The Bertz CT molecular complexity index is 1010. The molecule has 0 heterocycles. The van der Waals surface area contributed by atoms with E-state index in [2.05, 4.69) is 131 Å². The minimum atomic E-state index is 0.863. The molecule has 0 N–H and O–H groups in total. The lowest BCUT2D eigenvalue weighted by Gasteiger charge is -2.18. The first-order chi connectivity index (χ1) is 14.9. The summed E-state index contributed by atoms with van der Waals surface area (Å²) in [6.07, 6.45) is 0. The van der Waals surface area contributed by atoms with E-state index < -0.39 is 0 Å². The van der Waals surface area contributed by atoms with Gasteiger partial charge in [-0.2, -0.15) is 0 Å². The van der Waals surface area contributed by atoms with Crippen molar-refractivity contribution in [3.63, 3.8) is 0 Å². The van der Waals surface area contributed by atoms with Crippen LogP contribution in [-0.4, -0.2) is 0 Å². The third-order valence-electron chi connectivity index (χ3n) is 4.83. The first-order valence-corrected chi connectivity index (χ1v) is 11.5. The van der Waals surface area contributed by atoms with Gasteiger partial charge in [0.1, 0.15) is 0 Å². The summed E-state index contributed by atoms with van der Waals surface area (Å²) in [4.78, 5) is 0. The maximum Gasteiger partial charge on any atom is 0.0283 e. The Hall–Kier alpha value is -2.90. The van der Waals surface area contributed by atoms with Crippen molar-refractivity contribution < 1.29 is 0 Å². The van der Waals surface area contributed by atoms with E-state index >= 15 is 0 Å². The Labute approximate surface area is 189 Å². The minimum Gasteiger partial charge on any atom is -0.0876 e. The average Bonchev–Trinajstić information content (AvgIpc) is 2.85. The van der Waals surface area contributed by atoms with Crippen molar-refractivity contribution in [2.24, 2.45) is 0 Å². The van der Waals surface area contributed by atoms with Crippen LogP contribution in [0.2, 0.25) is 0 Å². The van der Waals surface area contributed by atoms with Crippen LogP contribution in [-0.2, 0) is 5.33 Å². The lowest BCUT2D eigenvalue weighted by Crippen LogP contribution is -1.97. The van der Waals surface area contributed by atoms with Crippen LogP contribution in [0.5, 0.6) is 0 Å². The van der Waals surface area contributed by atoms with Crippen molar-refractivity contribution >= 4 is 27.1 Å². The number of hydrogen-bond acceptors (Lipinski definition) is 0. The van der Waals surface area contributed by atoms with Crippen molar-refractivity contribution in [2.45, 2.75) is 19.2 Å². The van der Waals surface area contributed by atoms with Gasteiger partial charge in [0.05, 0.1) is 0 Å². The van der Waals surface area contributed by atoms with E-state index in [4.69, 9.17) is 0 Å². The molecule has 0 aliphatic heterocycles. The van der Waals surface area contributed by atoms with Gasteiger partial charge in [-0.15, -0.1) is 0 Å². The highest BCUT2D eigenvalue weighted by atomic mass is 79.9. The molecule has 0 aliphatic rings. The zero-order valence-corrected chi connectivity index (χ0v) is 19.1. The highest BCUT2D eigenvalue weighted by Gasteiger charge is 2.15. The smallest absolute Gasteiger partial charge is 0.0283 e. The molecular weight excluding hydrogens is 428 g/mol. The van der Waals surface area contributed by atoms with Crippen LogP contribution >= 0.6 is 15.9 Å². The molecule has 4 rings (SSSR count). The molecule has 0 spiro atoms. The van der Waals surface area contributed by atoms with Crippen LogP contribution in [0.15, 0.2) is 115 Å². The molecule has 0 fully saturated rings. The molecule has 4 aromatic rings. The summed E-state index contributed by atoms with van der Waals surface area (Å²) in [5, 5.41) is 0.863. The van der Waals surface area contributed by atoms with E-state index in [1.165, 1.54) is 39.0 Å². The largest absolute Gasteiger partial charge is 0.0876 e. The topological polar surface area (TPSA) is 0 Å². The first-order valence-electron chi connectivity index (χ1n) is 10.4. The molecular formula is C29H27Br. The molecule has 30 heavy (non-hydrogen) atoms. The summed E-state index contributed by atoms with van der Waals surface area (Å²) in [7, 11) is 0. The minimum absolute atomic E-state index is 0.863. The van der Waals surface area contributed by atoms with Crippen LogP contribution < -0.4 is 0 Å². The Kier molecular flexibility index (Phi) is 8.23. The molecule has 0 unspecified atom stereocenters. The third kappa shape index (κ3) is 5.17. The van der Waals surface area contributed by atoms with E-state index in [9.17, 15) is 0 Å². The van der Waals surface area contributed by atoms with Crippen molar-refractivity contribution in [3.8, 4) is 0 Å². The van der Waals surface area contributed by atoms with Crippen LogP contribution in [0.3, 0.4) is 0 Å². The molecule has 0 saturated carbocycles. The quantitative estimate of drug-likeness (QED) is 0.209. The van der Waals surface area contributed by atoms with Gasteiger partial charge in [0.25, 0.3) is 0 Å². The molecule has 150 valence electrons. The van der Waals surface area contributed by atoms with E-state index in [0.717, 1.165) is 5.33 Å². The van der Waals surface area contributed by atoms with Gasteiger partial charge in [-0.3, -0.25) is 0 Å². The standard InChI is InChI=1S/C27H21Br.C2H6/c28-20-21-16-18-25(19-17-21)27(24-14-8-3-9-15-24)26(22-10-4-1-5-11-22)23-12-6-2-7-13-23;1-2/h1-19H,20H2;1-2H3. The molecule has 4 aromatic carbocycles. The molecule has 0 aromatic heterocycles. The fourth-order valence-corrected chi connectivity index (χ4v) is 3.86. The molecule has 0 amide bonds. The van der Waals surface area contributed by atoms with Gasteiger partial charge in [-0.1, -0.05) is 145 Å². The zero-order chi connectivity index (χ0) is 21.2. The fourth-order valence-electron chi connectivity index (χ4n) is 3.49. The molecule has 0 atom stereocenters. The number of hydrogen-bond donors (Lipinski definition) is 0. The number of benzene rings is 4. The van der Waals surface area contributed by atoms with Gasteiger partial charge in [-0.25, -0.2) is 0 Å². The maximum absolute atomic E-state index is 3.55. The third-order valence-corrected chi connectivity index (χ3v) is 5.48. The van der Waals surface area contributed by atoms with Crippen molar-refractivity contribution in [1.82, 2.24) is 0 Å². The SMILES string of the molecule is BrCc1ccc(C(=C(c2ccccc2)c2ccccc2)c2ccccc2)cc1.CC. The lowest BCUT2D eigenvalue weighted by molar-refractivity contribution is 1.41.